The molecule has 0 aromatic carbocycles. The molecular formula is C12H18N2O3. The lowest BCUT2D eigenvalue weighted by Crippen LogP contribution is -2.31. The first-order chi connectivity index (χ1) is 8.08. The third-order valence-corrected chi connectivity index (χ3v) is 3.45. The fourth-order valence-electron chi connectivity index (χ4n) is 2.47. The maximum absolute atomic E-state index is 10.8. The van der Waals surface area contributed by atoms with Gasteiger partial charge in [0.2, 0.25) is 0 Å². The molecular weight excluding hydrogens is 220 g/mol. The van der Waals surface area contributed by atoms with Crippen molar-refractivity contribution in [3.05, 3.63) is 17.0 Å². The van der Waals surface area contributed by atoms with Crippen molar-refractivity contribution >= 4 is 5.97 Å². The van der Waals surface area contributed by atoms with E-state index >= 15 is 0 Å². The molecule has 2 rings (SSSR count). The average Bonchev–Trinajstić information content (AvgIpc) is 2.80. The minimum absolute atomic E-state index is 0.154. The van der Waals surface area contributed by atoms with Crippen LogP contribution < -0.4 is 0 Å². The molecule has 1 fully saturated rings. The Hall–Kier alpha value is -1.36. The Kier molecular flexibility index (Phi) is 3.47. The highest BCUT2D eigenvalue weighted by molar-refractivity contribution is 5.67. The monoisotopic (exact) mass is 238 g/mol. The van der Waals surface area contributed by atoms with Gasteiger partial charge in [-0.1, -0.05) is 5.16 Å². The Morgan fingerprint density at radius 1 is 1.59 bits per heavy atom. The number of hydrogen-bond acceptors (Lipinski definition) is 4. The largest absolute Gasteiger partial charge is 0.481 e. The molecule has 1 atom stereocenters. The number of hydrogen-bond donors (Lipinski definition) is 1. The summed E-state index contributed by atoms with van der Waals surface area (Å²) in [5.41, 5.74) is 2.01. The summed E-state index contributed by atoms with van der Waals surface area (Å²) >= 11 is 0. The van der Waals surface area contributed by atoms with Crippen LogP contribution >= 0.6 is 0 Å². The van der Waals surface area contributed by atoms with E-state index in [1.165, 1.54) is 0 Å². The molecule has 0 saturated carbocycles. The first-order valence-corrected chi connectivity index (χ1v) is 5.95. The summed E-state index contributed by atoms with van der Waals surface area (Å²) in [7, 11) is 0. The number of carboxylic acids is 1. The van der Waals surface area contributed by atoms with Gasteiger partial charge in [-0.3, -0.25) is 9.69 Å². The zero-order valence-corrected chi connectivity index (χ0v) is 10.3. The number of aliphatic carboxylic acids is 1. The molecule has 1 aliphatic heterocycles. The highest BCUT2D eigenvalue weighted by Crippen LogP contribution is 2.24. The van der Waals surface area contributed by atoms with Gasteiger partial charge in [0, 0.05) is 18.2 Å². The molecule has 1 aliphatic rings. The zero-order chi connectivity index (χ0) is 12.4. The minimum atomic E-state index is -0.722. The molecule has 17 heavy (non-hydrogen) atoms. The quantitative estimate of drug-likeness (QED) is 0.865. The molecule has 0 amide bonds. The van der Waals surface area contributed by atoms with Crippen LogP contribution in [0.3, 0.4) is 0 Å². The molecule has 5 heteroatoms. The Labute approximate surface area is 100 Å². The van der Waals surface area contributed by atoms with Gasteiger partial charge in [0.15, 0.2) is 0 Å². The van der Waals surface area contributed by atoms with E-state index in [2.05, 4.69) is 10.1 Å². The number of carbonyl (C=O) groups is 1. The molecule has 2 heterocycles. The number of aryl methyl sites for hydroxylation is 2. The molecule has 1 aromatic rings. The van der Waals surface area contributed by atoms with Crippen LogP contribution in [0.5, 0.6) is 0 Å². The van der Waals surface area contributed by atoms with Crippen LogP contribution in [0.15, 0.2) is 4.52 Å². The van der Waals surface area contributed by atoms with Crippen LogP contribution in [-0.2, 0) is 11.3 Å². The maximum Gasteiger partial charge on any atom is 0.304 e. The topological polar surface area (TPSA) is 66.6 Å². The number of nitrogens with zero attached hydrogens (tertiary/aromatic N) is 2. The summed E-state index contributed by atoms with van der Waals surface area (Å²) in [6.07, 6.45) is 2.26. The second-order valence-corrected chi connectivity index (χ2v) is 4.67. The molecule has 0 spiro atoms. The Balaban J connectivity index is 2.05. The van der Waals surface area contributed by atoms with E-state index in [0.717, 1.165) is 42.9 Å². The van der Waals surface area contributed by atoms with E-state index in [1.54, 1.807) is 0 Å². The van der Waals surface area contributed by atoms with Crippen LogP contribution in [0.25, 0.3) is 0 Å². The van der Waals surface area contributed by atoms with Gasteiger partial charge in [-0.15, -0.1) is 0 Å². The van der Waals surface area contributed by atoms with Crippen LogP contribution in [0, 0.1) is 13.8 Å². The highest BCUT2D eigenvalue weighted by atomic mass is 16.5. The van der Waals surface area contributed by atoms with Gasteiger partial charge in [-0.25, -0.2) is 0 Å². The fourth-order valence-corrected chi connectivity index (χ4v) is 2.47. The number of rotatable bonds is 4. The Morgan fingerprint density at radius 2 is 2.35 bits per heavy atom. The summed E-state index contributed by atoms with van der Waals surface area (Å²) in [4.78, 5) is 13.0. The number of aromatic nitrogens is 1. The van der Waals surface area contributed by atoms with Crippen LogP contribution in [-0.4, -0.2) is 33.7 Å². The van der Waals surface area contributed by atoms with E-state index in [0.29, 0.717) is 0 Å². The van der Waals surface area contributed by atoms with Gasteiger partial charge in [-0.05, 0) is 33.2 Å². The molecule has 0 radical (unpaired) electrons. The van der Waals surface area contributed by atoms with Crippen molar-refractivity contribution < 1.29 is 14.4 Å². The molecule has 94 valence electrons. The van der Waals surface area contributed by atoms with Gasteiger partial charge in [0.25, 0.3) is 0 Å². The second kappa shape index (κ2) is 4.87. The molecule has 1 aromatic heterocycles. The molecule has 1 saturated heterocycles. The summed E-state index contributed by atoms with van der Waals surface area (Å²) < 4.78 is 5.13. The van der Waals surface area contributed by atoms with E-state index in [4.69, 9.17) is 9.63 Å². The Morgan fingerprint density at radius 3 is 2.94 bits per heavy atom. The predicted octanol–water partition coefficient (Wildman–Crippen LogP) is 1.73. The molecule has 5 nitrogen and oxygen atoms in total. The standard InChI is InChI=1S/C12H18N2O3/c1-8-11(9(2)17-13-8)7-14-5-3-4-10(14)6-12(15)16/h10H,3-7H2,1-2H3,(H,15,16). The summed E-state index contributed by atoms with van der Waals surface area (Å²) in [6.45, 7) is 5.53. The summed E-state index contributed by atoms with van der Waals surface area (Å²) in [5.74, 6) is 0.115. The lowest BCUT2D eigenvalue weighted by atomic mass is 10.1. The minimum Gasteiger partial charge on any atom is -0.481 e. The zero-order valence-electron chi connectivity index (χ0n) is 10.3. The van der Waals surface area contributed by atoms with Crippen LogP contribution in [0.4, 0.5) is 0 Å². The predicted molar refractivity (Wildman–Crippen MR) is 61.7 cm³/mol. The first kappa shape index (κ1) is 12.1. The van der Waals surface area contributed by atoms with Gasteiger partial charge in [-0.2, -0.15) is 0 Å². The molecule has 1 unspecified atom stereocenters. The summed E-state index contributed by atoms with van der Waals surface area (Å²) in [5, 5.41) is 12.8. The smallest absolute Gasteiger partial charge is 0.304 e. The highest BCUT2D eigenvalue weighted by Gasteiger charge is 2.27. The van der Waals surface area contributed by atoms with Gasteiger partial charge in [0.1, 0.15) is 5.76 Å². The van der Waals surface area contributed by atoms with Crippen molar-refractivity contribution in [2.45, 2.75) is 45.7 Å². The molecule has 1 N–H and O–H groups in total. The van der Waals surface area contributed by atoms with E-state index < -0.39 is 5.97 Å². The maximum atomic E-state index is 10.8. The van der Waals surface area contributed by atoms with Crippen molar-refractivity contribution in [3.8, 4) is 0 Å². The van der Waals surface area contributed by atoms with E-state index in [1.807, 2.05) is 13.8 Å². The van der Waals surface area contributed by atoms with Crippen LogP contribution in [0.1, 0.15) is 36.3 Å². The van der Waals surface area contributed by atoms with Crippen molar-refractivity contribution in [2.75, 3.05) is 6.54 Å². The number of likely N-dealkylation sites (tertiary alicyclic amines) is 1. The lowest BCUT2D eigenvalue weighted by Gasteiger charge is -2.22. The third kappa shape index (κ3) is 2.66. The Bertz CT molecular complexity index is 394. The normalized spacial score (nSPS) is 20.9. The second-order valence-electron chi connectivity index (χ2n) is 4.67. The SMILES string of the molecule is Cc1noc(C)c1CN1CCCC1CC(=O)O. The van der Waals surface area contributed by atoms with Crippen molar-refractivity contribution in [3.63, 3.8) is 0 Å². The van der Waals surface area contributed by atoms with Crippen molar-refractivity contribution in [1.82, 2.24) is 10.1 Å². The van der Waals surface area contributed by atoms with E-state index in [9.17, 15) is 4.79 Å². The fraction of sp³-hybridized carbons (Fsp3) is 0.667. The summed E-state index contributed by atoms with van der Waals surface area (Å²) in [6, 6.07) is 0.154. The van der Waals surface area contributed by atoms with Gasteiger partial charge >= 0.3 is 5.97 Å². The van der Waals surface area contributed by atoms with Gasteiger partial charge < -0.3 is 9.63 Å². The van der Waals surface area contributed by atoms with Crippen molar-refractivity contribution in [1.29, 1.82) is 0 Å². The van der Waals surface area contributed by atoms with Gasteiger partial charge in [0.05, 0.1) is 12.1 Å². The lowest BCUT2D eigenvalue weighted by molar-refractivity contribution is -0.138. The van der Waals surface area contributed by atoms with Crippen LogP contribution in [0.2, 0.25) is 0 Å². The third-order valence-electron chi connectivity index (χ3n) is 3.45. The van der Waals surface area contributed by atoms with E-state index in [-0.39, 0.29) is 12.5 Å². The van der Waals surface area contributed by atoms with Crippen molar-refractivity contribution in [2.24, 2.45) is 0 Å². The first-order valence-electron chi connectivity index (χ1n) is 5.95. The molecule has 0 aliphatic carbocycles. The number of carboxylic acid groups (broad SMARTS) is 1. The average molecular weight is 238 g/mol. The molecule has 0 bridgehead atoms.